The molecule has 13 heavy (non-hydrogen) atoms. The van der Waals surface area contributed by atoms with E-state index in [1.807, 2.05) is 12.3 Å². The minimum Gasteiger partial charge on any atom is -0.351 e. The fraction of sp³-hybridized carbons (Fsp3) is 0.667. The molecule has 0 aromatic carbocycles. The van der Waals surface area contributed by atoms with Crippen molar-refractivity contribution in [3.05, 3.63) is 12.3 Å². The molecule has 2 aliphatic heterocycles. The molecule has 0 aliphatic carbocycles. The van der Waals surface area contributed by atoms with Gasteiger partial charge in [0.1, 0.15) is 0 Å². The largest absolute Gasteiger partial charge is 0.351 e. The maximum atomic E-state index is 10.9. The van der Waals surface area contributed by atoms with Crippen LogP contribution in [0.1, 0.15) is 13.3 Å². The third kappa shape index (κ3) is 1.54. The number of carbonyl (C=O) groups is 1. The van der Waals surface area contributed by atoms with E-state index in [1.165, 1.54) is 0 Å². The fourth-order valence-electron chi connectivity index (χ4n) is 1.41. The molecule has 4 nitrogen and oxygen atoms in total. The molecule has 0 radical (unpaired) electrons. The van der Waals surface area contributed by atoms with Crippen LogP contribution in [0.5, 0.6) is 0 Å². The van der Waals surface area contributed by atoms with Crippen molar-refractivity contribution in [1.82, 2.24) is 10.2 Å². The van der Waals surface area contributed by atoms with E-state index in [0.29, 0.717) is 6.54 Å². The van der Waals surface area contributed by atoms with Gasteiger partial charge in [0.25, 0.3) is 5.91 Å². The average molecular weight is 182 g/mol. The van der Waals surface area contributed by atoms with Gasteiger partial charge in [0.2, 0.25) is 0 Å². The Bertz CT molecular complexity index is 240. The number of nitrogens with zero attached hydrogens (tertiary/aromatic N) is 1. The summed E-state index contributed by atoms with van der Waals surface area (Å²) < 4.78 is 5.53. The van der Waals surface area contributed by atoms with Gasteiger partial charge in [-0.3, -0.25) is 4.79 Å². The van der Waals surface area contributed by atoms with E-state index in [1.54, 1.807) is 0 Å². The van der Waals surface area contributed by atoms with Crippen molar-refractivity contribution >= 4 is 5.91 Å². The van der Waals surface area contributed by atoms with Gasteiger partial charge in [-0.1, -0.05) is 6.92 Å². The molecule has 0 saturated carbocycles. The topological polar surface area (TPSA) is 41.6 Å². The van der Waals surface area contributed by atoms with E-state index in [9.17, 15) is 4.79 Å². The van der Waals surface area contributed by atoms with E-state index in [0.717, 1.165) is 13.0 Å². The SMILES string of the molecule is CCCN1C=CC1OC1CNC1=O. The van der Waals surface area contributed by atoms with Crippen molar-refractivity contribution in [2.75, 3.05) is 13.1 Å². The Morgan fingerprint density at radius 3 is 3.00 bits per heavy atom. The summed E-state index contributed by atoms with van der Waals surface area (Å²) in [5.74, 6) is 0.0109. The molecule has 72 valence electrons. The number of hydrogen-bond donors (Lipinski definition) is 1. The van der Waals surface area contributed by atoms with Crippen molar-refractivity contribution in [2.24, 2.45) is 0 Å². The third-order valence-electron chi connectivity index (χ3n) is 2.31. The number of carbonyl (C=O) groups excluding carboxylic acids is 1. The predicted octanol–water partition coefficient (Wildman–Crippen LogP) is 0.0668. The lowest BCUT2D eigenvalue weighted by Crippen LogP contribution is -2.57. The van der Waals surface area contributed by atoms with Crippen molar-refractivity contribution < 1.29 is 9.53 Å². The lowest BCUT2D eigenvalue weighted by molar-refractivity contribution is -0.153. The first-order chi connectivity index (χ1) is 6.31. The standard InChI is InChI=1S/C9H14N2O2/c1-2-4-11-5-3-8(11)13-7-6-10-9(7)12/h3,5,7-8H,2,4,6H2,1H3,(H,10,12). The number of ether oxygens (including phenoxy) is 1. The molecular formula is C9H14N2O2. The molecule has 1 N–H and O–H groups in total. The van der Waals surface area contributed by atoms with E-state index in [2.05, 4.69) is 17.1 Å². The number of amides is 1. The second-order valence-electron chi connectivity index (χ2n) is 3.34. The molecule has 2 rings (SSSR count). The lowest BCUT2D eigenvalue weighted by Gasteiger charge is -2.39. The zero-order valence-corrected chi connectivity index (χ0v) is 7.69. The minimum atomic E-state index is -0.227. The Labute approximate surface area is 77.5 Å². The zero-order chi connectivity index (χ0) is 9.26. The van der Waals surface area contributed by atoms with Crippen molar-refractivity contribution in [1.29, 1.82) is 0 Å². The zero-order valence-electron chi connectivity index (χ0n) is 7.69. The summed E-state index contributed by atoms with van der Waals surface area (Å²) >= 11 is 0. The fourth-order valence-corrected chi connectivity index (χ4v) is 1.41. The Kier molecular flexibility index (Phi) is 2.22. The van der Waals surface area contributed by atoms with Crippen molar-refractivity contribution in [3.8, 4) is 0 Å². The van der Waals surface area contributed by atoms with Crippen molar-refractivity contribution in [3.63, 3.8) is 0 Å². The summed E-state index contributed by atoms with van der Waals surface area (Å²) in [5.41, 5.74) is 0. The first-order valence-electron chi connectivity index (χ1n) is 4.68. The number of β-lactam (4-membered cyclic amide) rings is 1. The van der Waals surface area contributed by atoms with Gasteiger partial charge in [0.05, 0.1) is 6.54 Å². The Balaban J connectivity index is 1.76. The summed E-state index contributed by atoms with van der Waals surface area (Å²) in [6.45, 7) is 3.78. The molecule has 1 saturated heterocycles. The highest BCUT2D eigenvalue weighted by Gasteiger charge is 2.33. The second-order valence-corrected chi connectivity index (χ2v) is 3.34. The Morgan fingerprint density at radius 2 is 2.62 bits per heavy atom. The van der Waals surface area contributed by atoms with Crippen LogP contribution in [-0.2, 0) is 9.53 Å². The molecule has 1 amide bonds. The van der Waals surface area contributed by atoms with Gasteiger partial charge in [-0.25, -0.2) is 0 Å². The highest BCUT2D eigenvalue weighted by molar-refractivity contribution is 5.86. The molecule has 0 spiro atoms. The predicted molar refractivity (Wildman–Crippen MR) is 47.8 cm³/mol. The summed E-state index contributed by atoms with van der Waals surface area (Å²) in [4.78, 5) is 13.0. The van der Waals surface area contributed by atoms with E-state index in [4.69, 9.17) is 4.74 Å². The summed E-state index contributed by atoms with van der Waals surface area (Å²) in [6.07, 6.45) is 4.87. The number of rotatable bonds is 4. The molecule has 2 unspecified atom stereocenters. The van der Waals surface area contributed by atoms with E-state index < -0.39 is 0 Å². The van der Waals surface area contributed by atoms with Gasteiger partial charge in [-0.05, 0) is 12.5 Å². The average Bonchev–Trinajstić information content (AvgIpc) is 2.10. The lowest BCUT2D eigenvalue weighted by atomic mass is 10.2. The van der Waals surface area contributed by atoms with Gasteiger partial charge in [0, 0.05) is 12.7 Å². The monoisotopic (exact) mass is 182 g/mol. The highest BCUT2D eigenvalue weighted by atomic mass is 16.5. The molecule has 2 aliphatic rings. The minimum absolute atomic E-state index is 0.0109. The molecule has 2 heterocycles. The molecule has 0 aromatic heterocycles. The maximum Gasteiger partial charge on any atom is 0.251 e. The van der Waals surface area contributed by atoms with Crippen LogP contribution in [0.4, 0.5) is 0 Å². The van der Waals surface area contributed by atoms with Crippen LogP contribution in [0.3, 0.4) is 0 Å². The van der Waals surface area contributed by atoms with Gasteiger partial charge < -0.3 is 15.0 Å². The summed E-state index contributed by atoms with van der Waals surface area (Å²) in [7, 11) is 0. The molecular weight excluding hydrogens is 168 g/mol. The number of hydrogen-bond acceptors (Lipinski definition) is 3. The molecule has 0 bridgehead atoms. The van der Waals surface area contributed by atoms with Crippen LogP contribution in [0.15, 0.2) is 12.3 Å². The quantitative estimate of drug-likeness (QED) is 0.625. The van der Waals surface area contributed by atoms with Crippen LogP contribution in [0.2, 0.25) is 0 Å². The van der Waals surface area contributed by atoms with Gasteiger partial charge in [0.15, 0.2) is 12.3 Å². The summed E-state index contributed by atoms with van der Waals surface area (Å²) in [5, 5.41) is 2.65. The normalized spacial score (nSPS) is 30.8. The van der Waals surface area contributed by atoms with Crippen LogP contribution < -0.4 is 5.32 Å². The van der Waals surface area contributed by atoms with E-state index >= 15 is 0 Å². The van der Waals surface area contributed by atoms with Crippen LogP contribution >= 0.6 is 0 Å². The molecule has 1 fully saturated rings. The van der Waals surface area contributed by atoms with Gasteiger partial charge >= 0.3 is 0 Å². The van der Waals surface area contributed by atoms with E-state index in [-0.39, 0.29) is 18.2 Å². The second kappa shape index (κ2) is 3.38. The Morgan fingerprint density at radius 1 is 1.77 bits per heavy atom. The highest BCUT2D eigenvalue weighted by Crippen LogP contribution is 2.18. The number of nitrogens with one attached hydrogen (secondary N) is 1. The smallest absolute Gasteiger partial charge is 0.251 e. The molecule has 0 aromatic rings. The first-order valence-corrected chi connectivity index (χ1v) is 4.68. The van der Waals surface area contributed by atoms with Crippen molar-refractivity contribution in [2.45, 2.75) is 25.7 Å². The Hall–Kier alpha value is -1.03. The van der Waals surface area contributed by atoms with Gasteiger partial charge in [-0.2, -0.15) is 0 Å². The van der Waals surface area contributed by atoms with Crippen LogP contribution in [0, 0.1) is 0 Å². The maximum absolute atomic E-state index is 10.9. The van der Waals surface area contributed by atoms with Crippen LogP contribution in [0.25, 0.3) is 0 Å². The molecule has 2 atom stereocenters. The first kappa shape index (κ1) is 8.56. The third-order valence-corrected chi connectivity index (χ3v) is 2.31. The molecule has 4 heteroatoms. The van der Waals surface area contributed by atoms with Crippen LogP contribution in [-0.4, -0.2) is 36.2 Å². The summed E-state index contributed by atoms with van der Waals surface area (Å²) in [6, 6.07) is 0. The van der Waals surface area contributed by atoms with Gasteiger partial charge in [-0.15, -0.1) is 0 Å².